The summed E-state index contributed by atoms with van der Waals surface area (Å²) in [6.07, 6.45) is 0.948. The molecule has 1 heterocycles. The lowest BCUT2D eigenvalue weighted by Crippen LogP contribution is -2.23. The molecule has 1 aliphatic rings. The second kappa shape index (κ2) is 5.56. The van der Waals surface area contributed by atoms with Crippen LogP contribution in [0.25, 0.3) is 0 Å². The minimum Gasteiger partial charge on any atom is -0.447 e. The summed E-state index contributed by atoms with van der Waals surface area (Å²) in [4.78, 5) is 12.9. The lowest BCUT2D eigenvalue weighted by Gasteiger charge is -2.13. The van der Waals surface area contributed by atoms with Crippen molar-refractivity contribution in [3.63, 3.8) is 0 Å². The molecular formula is C13H10N4O2. The maximum atomic E-state index is 11.4. The Kier molecular flexibility index (Phi) is 3.65. The molecule has 6 nitrogen and oxygen atoms in total. The number of rotatable bonds is 3. The molecule has 0 unspecified atom stereocenters. The minimum atomic E-state index is -0.373. The highest BCUT2D eigenvalue weighted by Gasteiger charge is 2.23. The van der Waals surface area contributed by atoms with Crippen LogP contribution in [0.1, 0.15) is 0 Å². The largest absolute Gasteiger partial charge is 0.447 e. The molecule has 0 aromatic heterocycles. The van der Waals surface area contributed by atoms with Gasteiger partial charge < -0.3 is 10.1 Å². The van der Waals surface area contributed by atoms with Crippen molar-refractivity contribution < 1.29 is 9.53 Å². The second-order valence-electron chi connectivity index (χ2n) is 3.74. The van der Waals surface area contributed by atoms with E-state index in [1.165, 1.54) is 11.1 Å². The Morgan fingerprint density at radius 1 is 1.42 bits per heavy atom. The Balaban J connectivity index is 2.17. The molecule has 19 heavy (non-hydrogen) atoms. The Morgan fingerprint density at radius 2 is 2.21 bits per heavy atom. The number of cyclic esters (lactones) is 1. The summed E-state index contributed by atoms with van der Waals surface area (Å²) in [5.74, 6) is 0. The molecule has 6 heteroatoms. The average molecular weight is 254 g/mol. The van der Waals surface area contributed by atoms with Crippen molar-refractivity contribution in [2.75, 3.05) is 23.4 Å². The third-order valence-corrected chi connectivity index (χ3v) is 2.54. The molecule has 1 fully saturated rings. The average Bonchev–Trinajstić information content (AvgIpc) is 2.86. The fourth-order valence-electron chi connectivity index (χ4n) is 1.64. The van der Waals surface area contributed by atoms with Gasteiger partial charge in [-0.1, -0.05) is 6.07 Å². The number of nitrogens with one attached hydrogen (secondary N) is 1. The predicted octanol–water partition coefficient (Wildman–Crippen LogP) is 1.99. The van der Waals surface area contributed by atoms with Crippen molar-refractivity contribution in [1.82, 2.24) is 0 Å². The van der Waals surface area contributed by atoms with E-state index in [1.54, 1.807) is 36.4 Å². The molecule has 0 aliphatic carbocycles. The van der Waals surface area contributed by atoms with Crippen LogP contribution in [0.15, 0.2) is 36.0 Å². The number of benzene rings is 1. The van der Waals surface area contributed by atoms with E-state index in [0.29, 0.717) is 24.5 Å². The van der Waals surface area contributed by atoms with Crippen molar-refractivity contribution in [2.45, 2.75) is 0 Å². The molecule has 1 aliphatic heterocycles. The van der Waals surface area contributed by atoms with E-state index in [-0.39, 0.29) is 11.7 Å². The number of amides is 1. The summed E-state index contributed by atoms with van der Waals surface area (Å²) >= 11 is 0. The van der Waals surface area contributed by atoms with Gasteiger partial charge in [-0.05, 0) is 18.2 Å². The standard InChI is InChI=1S/C13H10N4O2/c14-7-10(8-15)9-16-11-2-1-3-12(6-11)17-4-5-19-13(17)18/h1-3,6,9,16H,4-5H2. The van der Waals surface area contributed by atoms with Crippen molar-refractivity contribution in [3.05, 3.63) is 36.0 Å². The van der Waals surface area contributed by atoms with Gasteiger partial charge in [0.25, 0.3) is 0 Å². The van der Waals surface area contributed by atoms with E-state index in [1.807, 2.05) is 0 Å². The Morgan fingerprint density at radius 3 is 2.84 bits per heavy atom. The zero-order chi connectivity index (χ0) is 13.7. The van der Waals surface area contributed by atoms with Crippen LogP contribution < -0.4 is 10.2 Å². The molecule has 0 radical (unpaired) electrons. The summed E-state index contributed by atoms with van der Waals surface area (Å²) in [5.41, 5.74) is 1.36. The number of carbonyl (C=O) groups excluding carboxylic acids is 1. The first-order valence-electron chi connectivity index (χ1n) is 5.56. The minimum absolute atomic E-state index is 0.0222. The fraction of sp³-hybridized carbons (Fsp3) is 0.154. The van der Waals surface area contributed by atoms with Crippen LogP contribution in [0.5, 0.6) is 0 Å². The zero-order valence-electron chi connectivity index (χ0n) is 9.96. The van der Waals surface area contributed by atoms with E-state index in [9.17, 15) is 4.79 Å². The molecule has 2 rings (SSSR count). The van der Waals surface area contributed by atoms with Gasteiger partial charge in [0.15, 0.2) is 0 Å². The molecule has 0 spiro atoms. The normalized spacial score (nSPS) is 13.2. The Labute approximate surface area is 110 Å². The van der Waals surface area contributed by atoms with Crippen LogP contribution in [0.4, 0.5) is 16.2 Å². The van der Waals surface area contributed by atoms with Crippen LogP contribution >= 0.6 is 0 Å². The Bertz CT molecular complexity index is 594. The van der Waals surface area contributed by atoms with Gasteiger partial charge in [0.05, 0.1) is 6.54 Å². The van der Waals surface area contributed by atoms with Gasteiger partial charge in [-0.2, -0.15) is 10.5 Å². The summed E-state index contributed by atoms with van der Waals surface area (Å²) < 4.78 is 4.86. The van der Waals surface area contributed by atoms with Gasteiger partial charge >= 0.3 is 6.09 Å². The molecule has 0 bridgehead atoms. The van der Waals surface area contributed by atoms with Crippen molar-refractivity contribution in [3.8, 4) is 12.1 Å². The highest BCUT2D eigenvalue weighted by atomic mass is 16.6. The number of allylic oxidation sites excluding steroid dienone is 1. The Hall–Kier alpha value is -2.99. The van der Waals surface area contributed by atoms with E-state index in [4.69, 9.17) is 15.3 Å². The van der Waals surface area contributed by atoms with Gasteiger partial charge in [0.2, 0.25) is 0 Å². The number of ether oxygens (including phenoxy) is 1. The topological polar surface area (TPSA) is 89.2 Å². The van der Waals surface area contributed by atoms with Crippen molar-refractivity contribution in [2.24, 2.45) is 0 Å². The van der Waals surface area contributed by atoms with Crippen molar-refractivity contribution in [1.29, 1.82) is 10.5 Å². The van der Waals surface area contributed by atoms with Crippen LogP contribution in [-0.4, -0.2) is 19.2 Å². The van der Waals surface area contributed by atoms with Crippen LogP contribution in [0.2, 0.25) is 0 Å². The first-order valence-corrected chi connectivity index (χ1v) is 5.56. The quantitative estimate of drug-likeness (QED) is 0.833. The molecule has 1 amide bonds. The van der Waals surface area contributed by atoms with E-state index in [0.717, 1.165) is 0 Å². The first kappa shape index (κ1) is 12.5. The van der Waals surface area contributed by atoms with Gasteiger partial charge in [-0.3, -0.25) is 4.90 Å². The van der Waals surface area contributed by atoms with Crippen molar-refractivity contribution >= 4 is 17.5 Å². The van der Waals surface area contributed by atoms with Gasteiger partial charge in [0.1, 0.15) is 24.3 Å². The van der Waals surface area contributed by atoms with E-state index >= 15 is 0 Å². The summed E-state index contributed by atoms with van der Waals surface area (Å²) in [6.45, 7) is 0.892. The van der Waals surface area contributed by atoms with E-state index < -0.39 is 0 Å². The molecular weight excluding hydrogens is 244 g/mol. The molecule has 1 saturated heterocycles. The monoisotopic (exact) mass is 254 g/mol. The van der Waals surface area contributed by atoms with E-state index in [2.05, 4.69) is 5.32 Å². The molecule has 94 valence electrons. The van der Waals surface area contributed by atoms with Gasteiger partial charge in [0, 0.05) is 17.6 Å². The lowest BCUT2D eigenvalue weighted by molar-refractivity contribution is 0.181. The summed E-state index contributed by atoms with van der Waals surface area (Å²) in [5, 5.41) is 20.1. The van der Waals surface area contributed by atoms with Gasteiger partial charge in [-0.25, -0.2) is 4.79 Å². The maximum absolute atomic E-state index is 11.4. The number of nitriles is 2. The first-order chi connectivity index (χ1) is 9.24. The number of hydrogen-bond acceptors (Lipinski definition) is 5. The summed E-state index contributed by atoms with van der Waals surface area (Å²) in [6, 6.07) is 10.6. The zero-order valence-corrected chi connectivity index (χ0v) is 9.96. The number of nitrogens with zero attached hydrogens (tertiary/aromatic N) is 3. The molecule has 1 aromatic rings. The number of anilines is 2. The SMILES string of the molecule is N#CC(C#N)=CNc1cccc(N2CCOC2=O)c1. The highest BCUT2D eigenvalue weighted by Crippen LogP contribution is 2.22. The molecule has 1 aromatic carbocycles. The third kappa shape index (κ3) is 2.82. The van der Waals surface area contributed by atoms with Crippen LogP contribution in [0, 0.1) is 22.7 Å². The third-order valence-electron chi connectivity index (χ3n) is 2.54. The number of hydrogen-bond donors (Lipinski definition) is 1. The maximum Gasteiger partial charge on any atom is 0.414 e. The lowest BCUT2D eigenvalue weighted by atomic mass is 10.2. The molecule has 0 saturated carbocycles. The second-order valence-corrected chi connectivity index (χ2v) is 3.74. The predicted molar refractivity (Wildman–Crippen MR) is 68.1 cm³/mol. The highest BCUT2D eigenvalue weighted by molar-refractivity contribution is 5.89. The molecule has 1 N–H and O–H groups in total. The van der Waals surface area contributed by atoms with Crippen LogP contribution in [-0.2, 0) is 4.74 Å². The fourth-order valence-corrected chi connectivity index (χ4v) is 1.64. The number of carbonyl (C=O) groups is 1. The van der Waals surface area contributed by atoms with Crippen LogP contribution in [0.3, 0.4) is 0 Å². The smallest absolute Gasteiger partial charge is 0.414 e. The van der Waals surface area contributed by atoms with Gasteiger partial charge in [-0.15, -0.1) is 0 Å². The molecule has 0 atom stereocenters. The summed E-state index contributed by atoms with van der Waals surface area (Å²) in [7, 11) is 0.